The third kappa shape index (κ3) is 9.32. The van der Waals surface area contributed by atoms with Crippen LogP contribution in [0.5, 0.6) is 5.75 Å². The molecule has 0 aliphatic heterocycles. The lowest BCUT2D eigenvalue weighted by molar-refractivity contribution is 0.192. The Bertz CT molecular complexity index is 481. The minimum absolute atomic E-state index is 0. The van der Waals surface area contributed by atoms with Gasteiger partial charge < -0.3 is 20.1 Å². The zero-order chi connectivity index (χ0) is 16.9. The van der Waals surface area contributed by atoms with E-state index in [1.807, 2.05) is 0 Å². The lowest BCUT2D eigenvalue weighted by Gasteiger charge is -2.12. The van der Waals surface area contributed by atoms with Crippen LogP contribution >= 0.6 is 24.0 Å². The lowest BCUT2D eigenvalue weighted by Crippen LogP contribution is -2.38. The van der Waals surface area contributed by atoms with Crippen LogP contribution in [-0.2, 0) is 11.2 Å². The minimum atomic E-state index is 0. The third-order valence-electron chi connectivity index (χ3n) is 3.72. The summed E-state index contributed by atoms with van der Waals surface area (Å²) in [5.41, 5.74) is 2.42. The van der Waals surface area contributed by atoms with Crippen molar-refractivity contribution in [3.05, 3.63) is 29.3 Å². The largest absolute Gasteiger partial charge is 0.496 e. The fourth-order valence-electron chi connectivity index (χ4n) is 2.32. The van der Waals surface area contributed by atoms with Crippen molar-refractivity contribution in [3.8, 4) is 5.75 Å². The highest BCUT2D eigenvalue weighted by Crippen LogP contribution is 2.18. The standard InChI is InChI=1S/C18H31N3O2.HI/c1-15-8-9-16(14-17(15)23-4)10-12-21-18(19-2)20-11-6-5-7-13-22-3;/h8-9,14H,5-7,10-13H2,1-4H3,(H2,19,20,21);1H. The number of hydrogen-bond donors (Lipinski definition) is 2. The molecule has 1 rings (SSSR count). The van der Waals surface area contributed by atoms with Crippen molar-refractivity contribution in [2.24, 2.45) is 4.99 Å². The van der Waals surface area contributed by atoms with Crippen LogP contribution in [0.15, 0.2) is 23.2 Å². The average Bonchev–Trinajstić information content (AvgIpc) is 2.57. The molecular weight excluding hydrogens is 417 g/mol. The molecule has 1 aromatic carbocycles. The van der Waals surface area contributed by atoms with Gasteiger partial charge in [-0.1, -0.05) is 12.1 Å². The monoisotopic (exact) mass is 449 g/mol. The molecule has 0 fully saturated rings. The summed E-state index contributed by atoms with van der Waals surface area (Å²) in [4.78, 5) is 4.25. The summed E-state index contributed by atoms with van der Waals surface area (Å²) >= 11 is 0. The van der Waals surface area contributed by atoms with E-state index in [2.05, 4.69) is 40.7 Å². The Balaban J connectivity index is 0.00000529. The Labute approximate surface area is 163 Å². The molecule has 0 bridgehead atoms. The average molecular weight is 449 g/mol. The van der Waals surface area contributed by atoms with E-state index in [1.54, 1.807) is 21.3 Å². The fraction of sp³-hybridized carbons (Fsp3) is 0.611. The van der Waals surface area contributed by atoms with E-state index in [-0.39, 0.29) is 24.0 Å². The number of benzene rings is 1. The smallest absolute Gasteiger partial charge is 0.190 e. The predicted molar refractivity (Wildman–Crippen MR) is 112 cm³/mol. The predicted octanol–water partition coefficient (Wildman–Crippen LogP) is 3.15. The van der Waals surface area contributed by atoms with Gasteiger partial charge in [0.2, 0.25) is 0 Å². The summed E-state index contributed by atoms with van der Waals surface area (Å²) < 4.78 is 10.4. The van der Waals surface area contributed by atoms with Crippen molar-refractivity contribution in [3.63, 3.8) is 0 Å². The number of aryl methyl sites for hydroxylation is 1. The molecule has 0 aliphatic rings. The Morgan fingerprint density at radius 3 is 2.50 bits per heavy atom. The number of rotatable bonds is 10. The van der Waals surface area contributed by atoms with Crippen molar-refractivity contribution < 1.29 is 9.47 Å². The van der Waals surface area contributed by atoms with Crippen LogP contribution < -0.4 is 15.4 Å². The molecule has 5 nitrogen and oxygen atoms in total. The molecule has 0 amide bonds. The Morgan fingerprint density at radius 1 is 1.08 bits per heavy atom. The van der Waals surface area contributed by atoms with Gasteiger partial charge >= 0.3 is 0 Å². The number of methoxy groups -OCH3 is 2. The Kier molecular flexibility index (Phi) is 13.7. The van der Waals surface area contributed by atoms with E-state index in [9.17, 15) is 0 Å². The highest BCUT2D eigenvalue weighted by atomic mass is 127. The molecule has 0 aliphatic carbocycles. The topological polar surface area (TPSA) is 54.9 Å². The highest BCUT2D eigenvalue weighted by molar-refractivity contribution is 14.0. The maximum atomic E-state index is 5.36. The van der Waals surface area contributed by atoms with Gasteiger partial charge in [0.1, 0.15) is 5.75 Å². The van der Waals surface area contributed by atoms with E-state index in [4.69, 9.17) is 9.47 Å². The van der Waals surface area contributed by atoms with Crippen molar-refractivity contribution in [2.75, 3.05) is 41.0 Å². The second kappa shape index (κ2) is 14.3. The van der Waals surface area contributed by atoms with E-state index in [1.165, 1.54) is 12.0 Å². The molecule has 2 N–H and O–H groups in total. The van der Waals surface area contributed by atoms with Crippen molar-refractivity contribution in [1.82, 2.24) is 10.6 Å². The number of unbranched alkanes of at least 4 members (excludes halogenated alkanes) is 2. The van der Waals surface area contributed by atoms with Gasteiger partial charge in [-0.3, -0.25) is 4.99 Å². The van der Waals surface area contributed by atoms with Crippen LogP contribution in [0.4, 0.5) is 0 Å². The zero-order valence-electron chi connectivity index (χ0n) is 15.4. The first-order valence-electron chi connectivity index (χ1n) is 8.28. The van der Waals surface area contributed by atoms with Crippen LogP contribution in [-0.4, -0.2) is 46.9 Å². The molecule has 0 heterocycles. The molecule has 0 unspecified atom stereocenters. The molecule has 24 heavy (non-hydrogen) atoms. The molecule has 6 heteroatoms. The molecule has 1 aromatic rings. The molecule has 138 valence electrons. The lowest BCUT2D eigenvalue weighted by atomic mass is 10.1. The summed E-state index contributed by atoms with van der Waals surface area (Å²) in [6.07, 6.45) is 4.34. The van der Waals surface area contributed by atoms with Gasteiger partial charge in [0.05, 0.1) is 7.11 Å². The zero-order valence-corrected chi connectivity index (χ0v) is 17.7. The number of hydrogen-bond acceptors (Lipinski definition) is 3. The van der Waals surface area contributed by atoms with Crippen LogP contribution in [0.25, 0.3) is 0 Å². The normalized spacial score (nSPS) is 10.9. The van der Waals surface area contributed by atoms with Crippen molar-refractivity contribution >= 4 is 29.9 Å². The van der Waals surface area contributed by atoms with Crippen molar-refractivity contribution in [1.29, 1.82) is 0 Å². The number of aliphatic imine (C=N–C) groups is 1. The SMILES string of the molecule is CN=C(NCCCCCOC)NCCc1ccc(C)c(OC)c1.I. The maximum absolute atomic E-state index is 5.36. The number of halogens is 1. The first-order chi connectivity index (χ1) is 11.2. The summed E-state index contributed by atoms with van der Waals surface area (Å²) in [6, 6.07) is 6.34. The van der Waals surface area contributed by atoms with Crippen LogP contribution in [0.2, 0.25) is 0 Å². The van der Waals surface area contributed by atoms with E-state index in [0.717, 1.165) is 56.2 Å². The number of guanidine groups is 1. The molecular formula is C18H32IN3O2. The van der Waals surface area contributed by atoms with Gasteiger partial charge in [0.15, 0.2) is 5.96 Å². The number of nitrogens with zero attached hydrogens (tertiary/aromatic N) is 1. The minimum Gasteiger partial charge on any atom is -0.496 e. The Hall–Kier alpha value is -1.02. The van der Waals surface area contributed by atoms with Crippen LogP contribution in [0, 0.1) is 6.92 Å². The number of ether oxygens (including phenoxy) is 2. The van der Waals surface area contributed by atoms with E-state index < -0.39 is 0 Å². The summed E-state index contributed by atoms with van der Waals surface area (Å²) in [7, 11) is 5.26. The summed E-state index contributed by atoms with van der Waals surface area (Å²) in [6.45, 7) is 4.67. The van der Waals surface area contributed by atoms with Crippen LogP contribution in [0.1, 0.15) is 30.4 Å². The van der Waals surface area contributed by atoms with Crippen LogP contribution in [0.3, 0.4) is 0 Å². The fourth-order valence-corrected chi connectivity index (χ4v) is 2.32. The number of nitrogens with one attached hydrogen (secondary N) is 2. The van der Waals surface area contributed by atoms with Gasteiger partial charge in [-0.25, -0.2) is 0 Å². The van der Waals surface area contributed by atoms with Gasteiger partial charge in [0.25, 0.3) is 0 Å². The van der Waals surface area contributed by atoms with E-state index in [0.29, 0.717) is 0 Å². The van der Waals surface area contributed by atoms with Gasteiger partial charge in [-0.2, -0.15) is 0 Å². The molecule has 0 aromatic heterocycles. The maximum Gasteiger partial charge on any atom is 0.190 e. The van der Waals surface area contributed by atoms with E-state index >= 15 is 0 Å². The molecule has 0 saturated heterocycles. The first kappa shape index (κ1) is 23.0. The molecule has 0 saturated carbocycles. The quantitative estimate of drug-likeness (QED) is 0.250. The first-order valence-corrected chi connectivity index (χ1v) is 8.28. The van der Waals surface area contributed by atoms with Gasteiger partial charge in [-0.15, -0.1) is 24.0 Å². The highest BCUT2D eigenvalue weighted by Gasteiger charge is 2.01. The van der Waals surface area contributed by atoms with Crippen molar-refractivity contribution in [2.45, 2.75) is 32.6 Å². The van der Waals surface area contributed by atoms with Gasteiger partial charge in [0, 0.05) is 33.9 Å². The second-order valence-corrected chi connectivity index (χ2v) is 5.53. The molecule has 0 radical (unpaired) electrons. The second-order valence-electron chi connectivity index (χ2n) is 5.53. The molecule has 0 atom stereocenters. The Morgan fingerprint density at radius 2 is 1.83 bits per heavy atom. The summed E-state index contributed by atoms with van der Waals surface area (Å²) in [5.74, 6) is 1.80. The molecule has 0 spiro atoms. The van der Waals surface area contributed by atoms with Gasteiger partial charge in [-0.05, 0) is 49.8 Å². The third-order valence-corrected chi connectivity index (χ3v) is 3.72. The summed E-state index contributed by atoms with van der Waals surface area (Å²) in [5, 5.41) is 6.68.